The summed E-state index contributed by atoms with van der Waals surface area (Å²) in [6.45, 7) is 2.72. The molecule has 0 spiro atoms. The number of nitriles is 1. The minimum atomic E-state index is -0.363. The van der Waals surface area contributed by atoms with Crippen molar-refractivity contribution in [3.05, 3.63) is 122 Å². The second kappa shape index (κ2) is 15.7. The summed E-state index contributed by atoms with van der Waals surface area (Å²) in [5, 5.41) is 19.9. The molecule has 7 nitrogen and oxygen atoms in total. The molecule has 5 rings (SSSR count). The van der Waals surface area contributed by atoms with E-state index in [1.807, 2.05) is 30.3 Å². The quantitative estimate of drug-likeness (QED) is 0.155. The third kappa shape index (κ3) is 9.38. The molecular weight excluding hydrogens is 664 g/mol. The molecule has 236 valence electrons. The van der Waals surface area contributed by atoms with Gasteiger partial charge in [0, 0.05) is 62.9 Å². The summed E-state index contributed by atoms with van der Waals surface area (Å²) in [6, 6.07) is 27.2. The lowest BCUT2D eigenvalue weighted by Gasteiger charge is -2.23. The molecule has 2 atom stereocenters. The summed E-state index contributed by atoms with van der Waals surface area (Å²) in [6.07, 6.45) is 1.60. The number of likely N-dealkylation sites (tertiary alicyclic amines) is 1. The average molecular weight is 695 g/mol. The van der Waals surface area contributed by atoms with Crippen molar-refractivity contribution in [3.8, 4) is 17.2 Å². The fraction of sp³-hybridized carbons (Fsp3) is 0.229. The Hall–Kier alpha value is -3.77. The van der Waals surface area contributed by atoms with Crippen LogP contribution in [0.2, 0.25) is 20.1 Å². The number of anilines is 1. The molecule has 1 aliphatic rings. The molecule has 4 aromatic rings. The number of hydrogen-bond acceptors (Lipinski definition) is 4. The van der Waals surface area contributed by atoms with Crippen LogP contribution in [0.5, 0.6) is 0 Å². The molecule has 1 aliphatic heterocycles. The maximum atomic E-state index is 12.8. The first-order valence-electron chi connectivity index (χ1n) is 14.8. The number of nitrogens with zero attached hydrogens (tertiary/aromatic N) is 2. The molecule has 1 heterocycles. The summed E-state index contributed by atoms with van der Waals surface area (Å²) in [5.41, 5.74) is 4.58. The van der Waals surface area contributed by atoms with Gasteiger partial charge in [0.15, 0.2) is 0 Å². The molecule has 0 saturated carbocycles. The Balaban J connectivity index is 1.23. The topological polar surface area (TPSA) is 97.3 Å². The monoisotopic (exact) mass is 693 g/mol. The number of carbonyl (C=O) groups excluding carboxylic acids is 2. The Morgan fingerprint density at radius 1 is 0.870 bits per heavy atom. The van der Waals surface area contributed by atoms with Gasteiger partial charge in [0.25, 0.3) is 5.91 Å². The average Bonchev–Trinajstić information content (AvgIpc) is 3.47. The van der Waals surface area contributed by atoms with Crippen molar-refractivity contribution in [3.63, 3.8) is 0 Å². The molecule has 1 saturated heterocycles. The van der Waals surface area contributed by atoms with Crippen LogP contribution in [0.25, 0.3) is 11.1 Å². The van der Waals surface area contributed by atoms with E-state index in [0.717, 1.165) is 42.6 Å². The number of rotatable bonds is 10. The molecular formula is C35H31Cl4N5O2. The molecule has 0 radical (unpaired) electrons. The Kier molecular flexibility index (Phi) is 11.5. The highest BCUT2D eigenvalue weighted by atomic mass is 35.5. The van der Waals surface area contributed by atoms with E-state index in [1.165, 1.54) is 0 Å². The van der Waals surface area contributed by atoms with Crippen molar-refractivity contribution in [2.75, 3.05) is 31.5 Å². The van der Waals surface area contributed by atoms with Gasteiger partial charge in [0.2, 0.25) is 0 Å². The Morgan fingerprint density at radius 3 is 2.22 bits per heavy atom. The fourth-order valence-electron chi connectivity index (χ4n) is 5.57. The molecule has 0 unspecified atom stereocenters. The smallest absolute Gasteiger partial charge is 0.319 e. The standard InChI is InChI=1S/C35H31Cl4N5O2/c36-28-13-27(14-29(37)15-28)34(45)42-32-9-11-44(21-32)10-8-26(20-41-35(46)43-33-17-30(38)16-31(39)18-33)24-6-4-23(5-7-24)25-3-1-2-22(12-25)19-40/h1-7,12-18,26,32H,8-11,20-21H2,(H,42,45)(H2,41,43,46)/t26-,32-/m1/s1. The van der Waals surface area contributed by atoms with Crippen LogP contribution in [-0.2, 0) is 0 Å². The van der Waals surface area contributed by atoms with Crippen molar-refractivity contribution in [2.45, 2.75) is 24.8 Å². The maximum Gasteiger partial charge on any atom is 0.319 e. The zero-order valence-electron chi connectivity index (χ0n) is 24.7. The van der Waals surface area contributed by atoms with Crippen molar-refractivity contribution >= 4 is 64.0 Å². The van der Waals surface area contributed by atoms with E-state index >= 15 is 0 Å². The lowest BCUT2D eigenvalue weighted by atomic mass is 9.93. The van der Waals surface area contributed by atoms with Crippen molar-refractivity contribution < 1.29 is 9.59 Å². The first-order valence-corrected chi connectivity index (χ1v) is 16.3. The zero-order valence-corrected chi connectivity index (χ0v) is 27.7. The number of urea groups is 1. The van der Waals surface area contributed by atoms with Gasteiger partial charge in [-0.2, -0.15) is 5.26 Å². The van der Waals surface area contributed by atoms with Gasteiger partial charge in [-0.25, -0.2) is 4.79 Å². The van der Waals surface area contributed by atoms with E-state index in [1.54, 1.807) is 42.5 Å². The predicted molar refractivity (Wildman–Crippen MR) is 186 cm³/mol. The lowest BCUT2D eigenvalue weighted by molar-refractivity contribution is 0.0937. The van der Waals surface area contributed by atoms with Gasteiger partial charge >= 0.3 is 6.03 Å². The van der Waals surface area contributed by atoms with Crippen LogP contribution >= 0.6 is 46.4 Å². The van der Waals surface area contributed by atoms with E-state index in [-0.39, 0.29) is 23.9 Å². The van der Waals surface area contributed by atoms with Gasteiger partial charge < -0.3 is 20.9 Å². The maximum absolute atomic E-state index is 12.8. The Morgan fingerprint density at radius 2 is 1.54 bits per heavy atom. The zero-order chi connectivity index (χ0) is 32.6. The molecule has 4 aromatic carbocycles. The molecule has 0 aliphatic carbocycles. The molecule has 1 fully saturated rings. The van der Waals surface area contributed by atoms with Gasteiger partial charge in [-0.3, -0.25) is 4.79 Å². The van der Waals surface area contributed by atoms with Crippen molar-refractivity contribution in [1.82, 2.24) is 15.5 Å². The second-order valence-electron chi connectivity index (χ2n) is 11.2. The molecule has 3 N–H and O–H groups in total. The number of hydrogen-bond donors (Lipinski definition) is 3. The van der Waals surface area contributed by atoms with E-state index < -0.39 is 0 Å². The predicted octanol–water partition coefficient (Wildman–Crippen LogP) is 8.64. The molecule has 11 heteroatoms. The number of halogens is 4. The minimum absolute atomic E-state index is 0.000544. The van der Waals surface area contributed by atoms with Crippen LogP contribution in [0.4, 0.5) is 10.5 Å². The number of amides is 3. The Labute approximate surface area is 288 Å². The van der Waals surface area contributed by atoms with Crippen molar-refractivity contribution in [2.24, 2.45) is 0 Å². The minimum Gasteiger partial charge on any atom is -0.348 e. The van der Waals surface area contributed by atoms with Gasteiger partial charge in [-0.05, 0) is 84.6 Å². The third-order valence-electron chi connectivity index (χ3n) is 7.86. The van der Waals surface area contributed by atoms with Gasteiger partial charge in [-0.15, -0.1) is 0 Å². The first-order chi connectivity index (χ1) is 22.1. The number of benzene rings is 4. The summed E-state index contributed by atoms with van der Waals surface area (Å²) in [4.78, 5) is 28.0. The van der Waals surface area contributed by atoms with Crippen LogP contribution in [0.1, 0.15) is 40.2 Å². The summed E-state index contributed by atoms with van der Waals surface area (Å²) < 4.78 is 0. The lowest BCUT2D eigenvalue weighted by Crippen LogP contribution is -2.37. The fourth-order valence-corrected chi connectivity index (χ4v) is 6.62. The number of carbonyl (C=O) groups is 2. The van der Waals surface area contributed by atoms with Crippen LogP contribution < -0.4 is 16.0 Å². The third-order valence-corrected chi connectivity index (χ3v) is 8.74. The summed E-state index contributed by atoms with van der Waals surface area (Å²) in [5.74, 6) is -0.193. The highest BCUT2D eigenvalue weighted by Crippen LogP contribution is 2.27. The van der Waals surface area contributed by atoms with Crippen LogP contribution in [0, 0.1) is 11.3 Å². The van der Waals surface area contributed by atoms with Crippen LogP contribution in [0.3, 0.4) is 0 Å². The van der Waals surface area contributed by atoms with E-state index in [0.29, 0.717) is 50.0 Å². The largest absolute Gasteiger partial charge is 0.348 e. The van der Waals surface area contributed by atoms with Gasteiger partial charge in [0.1, 0.15) is 0 Å². The van der Waals surface area contributed by atoms with E-state index in [9.17, 15) is 14.9 Å². The normalized spacial score (nSPS) is 15.2. The number of nitrogens with one attached hydrogen (secondary N) is 3. The summed E-state index contributed by atoms with van der Waals surface area (Å²) in [7, 11) is 0. The highest BCUT2D eigenvalue weighted by molar-refractivity contribution is 6.35. The van der Waals surface area contributed by atoms with E-state index in [2.05, 4.69) is 39.1 Å². The van der Waals surface area contributed by atoms with Crippen LogP contribution in [0.15, 0.2) is 84.9 Å². The van der Waals surface area contributed by atoms with Crippen LogP contribution in [-0.4, -0.2) is 49.1 Å². The van der Waals surface area contributed by atoms with E-state index in [4.69, 9.17) is 46.4 Å². The highest BCUT2D eigenvalue weighted by Gasteiger charge is 2.25. The molecule has 3 amide bonds. The Bertz CT molecular complexity index is 1720. The summed E-state index contributed by atoms with van der Waals surface area (Å²) >= 11 is 24.3. The van der Waals surface area contributed by atoms with Gasteiger partial charge in [-0.1, -0.05) is 82.8 Å². The SMILES string of the molecule is N#Cc1cccc(-c2ccc([C@H](CCN3CC[C@@H](NC(=O)c4cc(Cl)cc(Cl)c4)C3)CNC(=O)Nc3cc(Cl)cc(Cl)c3)cc2)c1. The first kappa shape index (κ1) is 33.6. The van der Waals surface area contributed by atoms with Crippen molar-refractivity contribution in [1.29, 1.82) is 5.26 Å². The molecule has 46 heavy (non-hydrogen) atoms. The molecule has 0 aromatic heterocycles. The molecule has 0 bridgehead atoms. The second-order valence-corrected chi connectivity index (χ2v) is 13.0. The van der Waals surface area contributed by atoms with Gasteiger partial charge in [0.05, 0.1) is 11.6 Å².